The van der Waals surface area contributed by atoms with Crippen LogP contribution in [0, 0.1) is 6.92 Å². The van der Waals surface area contributed by atoms with E-state index in [9.17, 15) is 0 Å². The zero-order valence-electron chi connectivity index (χ0n) is 32.3. The third-order valence-electron chi connectivity index (χ3n) is 11.9. The molecule has 0 saturated heterocycles. The first-order chi connectivity index (χ1) is 28.7. The van der Waals surface area contributed by atoms with Gasteiger partial charge in [0.05, 0.1) is 0 Å². The van der Waals surface area contributed by atoms with Crippen molar-refractivity contribution in [1.82, 2.24) is 0 Å². The Morgan fingerprint density at radius 1 is 0.293 bits per heavy atom. The van der Waals surface area contributed by atoms with Gasteiger partial charge < -0.3 is 9.80 Å². The summed E-state index contributed by atoms with van der Waals surface area (Å²) in [5, 5.41) is 0. The van der Waals surface area contributed by atoms with E-state index in [-0.39, 0.29) is 6.71 Å². The van der Waals surface area contributed by atoms with E-state index in [1.165, 1.54) is 89.2 Å². The van der Waals surface area contributed by atoms with Crippen molar-refractivity contribution in [1.29, 1.82) is 0 Å². The molecule has 0 fully saturated rings. The van der Waals surface area contributed by atoms with Crippen LogP contribution < -0.4 is 26.2 Å². The molecule has 2 heterocycles. The SMILES string of the molecule is Cc1cc2c3c(c1)N(c1ccc(-c4ccccc4)cc1)c1ccc(-c4ccccc4)cc1B3c1cc(-c3ccccc3)ccc1N2c1ccc(-c2ccccc2)cc1. The first-order valence-electron chi connectivity index (χ1n) is 20.1. The van der Waals surface area contributed by atoms with Crippen molar-refractivity contribution in [2.45, 2.75) is 6.92 Å². The molecule has 0 N–H and O–H groups in total. The Morgan fingerprint density at radius 3 is 0.966 bits per heavy atom. The molecular formula is C55H39BN2. The zero-order valence-corrected chi connectivity index (χ0v) is 32.3. The van der Waals surface area contributed by atoms with Crippen LogP contribution in [0.3, 0.4) is 0 Å². The second-order valence-corrected chi connectivity index (χ2v) is 15.4. The van der Waals surface area contributed by atoms with Gasteiger partial charge >= 0.3 is 0 Å². The predicted octanol–water partition coefficient (Wildman–Crippen LogP) is 12.7. The first kappa shape index (κ1) is 33.9. The summed E-state index contributed by atoms with van der Waals surface area (Å²) < 4.78 is 0. The lowest BCUT2D eigenvalue weighted by Crippen LogP contribution is -2.61. The lowest BCUT2D eigenvalue weighted by atomic mass is 9.33. The van der Waals surface area contributed by atoms with Gasteiger partial charge in [0.1, 0.15) is 0 Å². The monoisotopic (exact) mass is 738 g/mol. The summed E-state index contributed by atoms with van der Waals surface area (Å²) in [6.07, 6.45) is 0. The van der Waals surface area contributed by atoms with E-state index in [4.69, 9.17) is 0 Å². The van der Waals surface area contributed by atoms with Crippen LogP contribution in [-0.4, -0.2) is 6.71 Å². The number of nitrogens with zero attached hydrogens (tertiary/aromatic N) is 2. The van der Waals surface area contributed by atoms with Crippen molar-refractivity contribution in [3.63, 3.8) is 0 Å². The molecule has 0 radical (unpaired) electrons. The lowest BCUT2D eigenvalue weighted by Gasteiger charge is -2.44. The van der Waals surface area contributed by atoms with E-state index >= 15 is 0 Å². The third kappa shape index (κ3) is 5.74. The van der Waals surface area contributed by atoms with Crippen LogP contribution in [0.2, 0.25) is 0 Å². The maximum Gasteiger partial charge on any atom is 0.252 e. The van der Waals surface area contributed by atoms with E-state index in [2.05, 4.69) is 235 Å². The predicted molar refractivity (Wildman–Crippen MR) is 247 cm³/mol. The molecular weight excluding hydrogens is 699 g/mol. The molecule has 9 aromatic rings. The topological polar surface area (TPSA) is 6.48 Å². The molecule has 0 saturated carbocycles. The van der Waals surface area contributed by atoms with Gasteiger partial charge in [0, 0.05) is 34.1 Å². The van der Waals surface area contributed by atoms with E-state index in [0.29, 0.717) is 0 Å². The number of hydrogen-bond acceptors (Lipinski definition) is 2. The molecule has 58 heavy (non-hydrogen) atoms. The molecule has 0 spiro atoms. The van der Waals surface area contributed by atoms with Gasteiger partial charge in [-0.25, -0.2) is 0 Å². The van der Waals surface area contributed by atoms with Crippen LogP contribution in [-0.2, 0) is 0 Å². The maximum absolute atomic E-state index is 2.50. The van der Waals surface area contributed by atoms with Gasteiger partial charge in [-0.3, -0.25) is 0 Å². The van der Waals surface area contributed by atoms with Crippen molar-refractivity contribution < 1.29 is 0 Å². The Morgan fingerprint density at radius 2 is 0.603 bits per heavy atom. The van der Waals surface area contributed by atoms with Gasteiger partial charge in [0.15, 0.2) is 0 Å². The summed E-state index contributed by atoms with van der Waals surface area (Å²) >= 11 is 0. The highest BCUT2D eigenvalue weighted by molar-refractivity contribution is 7.00. The molecule has 0 atom stereocenters. The molecule has 272 valence electrons. The number of rotatable bonds is 6. The fourth-order valence-electron chi connectivity index (χ4n) is 9.19. The maximum atomic E-state index is 2.50. The summed E-state index contributed by atoms with van der Waals surface area (Å²) in [4.78, 5) is 5.01. The number of fused-ring (bicyclic) bond motifs is 4. The average molecular weight is 739 g/mol. The van der Waals surface area contributed by atoms with Crippen molar-refractivity contribution in [2.75, 3.05) is 9.80 Å². The van der Waals surface area contributed by atoms with Crippen LogP contribution >= 0.6 is 0 Å². The van der Waals surface area contributed by atoms with E-state index in [0.717, 1.165) is 11.4 Å². The molecule has 2 nitrogen and oxygen atoms in total. The number of anilines is 6. The largest absolute Gasteiger partial charge is 0.311 e. The van der Waals surface area contributed by atoms with E-state index < -0.39 is 0 Å². The molecule has 3 heteroatoms. The highest BCUT2D eigenvalue weighted by Crippen LogP contribution is 2.46. The van der Waals surface area contributed by atoms with E-state index in [1.54, 1.807) is 0 Å². The standard InChI is InChI=1S/C55H39BN2/c1-38-34-53-55-54(35-38)58(48-30-24-44(25-31-48)40-16-8-3-9-17-40)52-33-27-46(42-20-12-5-13-21-42)37-50(52)56(55)49-36-45(41-18-10-4-11-19-41)26-32-51(49)57(53)47-28-22-43(23-29-47)39-14-6-2-7-15-39/h2-37H,1H3. The molecule has 2 aliphatic heterocycles. The molecule has 0 aromatic heterocycles. The summed E-state index contributed by atoms with van der Waals surface area (Å²) in [6, 6.07) is 80.1. The molecule has 9 aromatic carbocycles. The summed E-state index contributed by atoms with van der Waals surface area (Å²) in [6.45, 7) is 2.24. The number of hydrogen-bond donors (Lipinski definition) is 0. The Kier molecular flexibility index (Phi) is 8.18. The van der Waals surface area contributed by atoms with Crippen molar-refractivity contribution in [2.24, 2.45) is 0 Å². The molecule has 0 aliphatic carbocycles. The van der Waals surface area contributed by atoms with Crippen molar-refractivity contribution in [3.05, 3.63) is 224 Å². The van der Waals surface area contributed by atoms with Gasteiger partial charge in [-0.05, 0) is 122 Å². The van der Waals surface area contributed by atoms with Crippen molar-refractivity contribution in [3.8, 4) is 44.5 Å². The Hall–Kier alpha value is -7.36. The molecule has 11 rings (SSSR count). The average Bonchev–Trinajstić information content (AvgIpc) is 3.30. The third-order valence-corrected chi connectivity index (χ3v) is 11.9. The van der Waals surface area contributed by atoms with E-state index in [1.807, 2.05) is 0 Å². The van der Waals surface area contributed by atoms with Gasteiger partial charge in [-0.15, -0.1) is 0 Å². The molecule has 0 bridgehead atoms. The van der Waals surface area contributed by atoms with Gasteiger partial charge in [0.25, 0.3) is 6.71 Å². The molecule has 0 amide bonds. The smallest absolute Gasteiger partial charge is 0.252 e. The van der Waals surface area contributed by atoms with Gasteiger partial charge in [0.2, 0.25) is 0 Å². The van der Waals surface area contributed by atoms with Crippen LogP contribution in [0.1, 0.15) is 5.56 Å². The Bertz CT molecular complexity index is 2730. The normalized spacial score (nSPS) is 12.5. The van der Waals surface area contributed by atoms with Gasteiger partial charge in [-0.2, -0.15) is 0 Å². The minimum absolute atomic E-state index is 0.00242. The summed E-state index contributed by atoms with van der Waals surface area (Å²) in [7, 11) is 0. The highest BCUT2D eigenvalue weighted by atomic mass is 15.2. The zero-order chi connectivity index (χ0) is 38.6. The minimum atomic E-state index is 0.00242. The quantitative estimate of drug-likeness (QED) is 0.157. The van der Waals surface area contributed by atoms with Crippen LogP contribution in [0.5, 0.6) is 0 Å². The Labute approximate surface area is 341 Å². The summed E-state index contributed by atoms with van der Waals surface area (Å²) in [5.41, 5.74) is 22.0. The Balaban J connectivity index is 1.17. The van der Waals surface area contributed by atoms with Crippen LogP contribution in [0.4, 0.5) is 34.1 Å². The second kappa shape index (κ2) is 14.0. The minimum Gasteiger partial charge on any atom is -0.311 e. The van der Waals surface area contributed by atoms with Gasteiger partial charge in [-0.1, -0.05) is 170 Å². The fourth-order valence-corrected chi connectivity index (χ4v) is 9.19. The number of benzene rings is 9. The number of aryl methyl sites for hydroxylation is 1. The molecule has 2 aliphatic rings. The summed E-state index contributed by atoms with van der Waals surface area (Å²) in [5.74, 6) is 0. The second-order valence-electron chi connectivity index (χ2n) is 15.4. The van der Waals surface area contributed by atoms with Crippen LogP contribution in [0.25, 0.3) is 44.5 Å². The fraction of sp³-hybridized carbons (Fsp3) is 0.0182. The van der Waals surface area contributed by atoms with Crippen LogP contribution in [0.15, 0.2) is 218 Å². The molecule has 0 unspecified atom stereocenters. The lowest BCUT2D eigenvalue weighted by molar-refractivity contribution is 1.24. The van der Waals surface area contributed by atoms with Crippen molar-refractivity contribution >= 4 is 57.2 Å². The highest BCUT2D eigenvalue weighted by Gasteiger charge is 2.43. The first-order valence-corrected chi connectivity index (χ1v) is 20.1.